The molecule has 0 bridgehead atoms. The lowest BCUT2D eigenvalue weighted by atomic mass is 10.1. The fourth-order valence-electron chi connectivity index (χ4n) is 1.88. The molecule has 0 saturated heterocycles. The Morgan fingerprint density at radius 2 is 1.94 bits per heavy atom. The standard InChI is InChI=1S/C14H11NOS/c1-9-8-10(16)6-7-11(9)14-15-12-4-2-3-5-13(12)17-14/h2-8,16H,1H3. The van der Waals surface area contributed by atoms with E-state index in [2.05, 4.69) is 11.1 Å². The van der Waals surface area contributed by atoms with Gasteiger partial charge in [-0.2, -0.15) is 0 Å². The third-order valence-corrected chi connectivity index (χ3v) is 3.80. The lowest BCUT2D eigenvalue weighted by Gasteiger charge is -2.01. The van der Waals surface area contributed by atoms with Gasteiger partial charge in [0.25, 0.3) is 0 Å². The molecule has 0 spiro atoms. The van der Waals surface area contributed by atoms with Crippen LogP contribution >= 0.6 is 11.3 Å². The third-order valence-electron chi connectivity index (χ3n) is 2.73. The minimum atomic E-state index is 0.298. The van der Waals surface area contributed by atoms with Crippen LogP contribution in [0.1, 0.15) is 5.56 Å². The van der Waals surface area contributed by atoms with Crippen LogP contribution in [0.4, 0.5) is 0 Å². The summed E-state index contributed by atoms with van der Waals surface area (Å²) in [6, 6.07) is 13.5. The molecule has 0 atom stereocenters. The predicted molar refractivity (Wildman–Crippen MR) is 71.5 cm³/mol. The van der Waals surface area contributed by atoms with Crippen molar-refractivity contribution in [3.8, 4) is 16.3 Å². The summed E-state index contributed by atoms with van der Waals surface area (Å²) in [5.41, 5.74) is 3.16. The van der Waals surface area contributed by atoms with E-state index in [-0.39, 0.29) is 0 Å². The predicted octanol–water partition coefficient (Wildman–Crippen LogP) is 3.98. The molecule has 0 aliphatic carbocycles. The van der Waals surface area contributed by atoms with E-state index < -0.39 is 0 Å². The van der Waals surface area contributed by atoms with Crippen LogP contribution in [-0.4, -0.2) is 10.1 Å². The number of hydrogen-bond donors (Lipinski definition) is 1. The Labute approximate surface area is 103 Å². The van der Waals surface area contributed by atoms with Crippen molar-refractivity contribution < 1.29 is 5.11 Å². The molecule has 2 aromatic carbocycles. The first-order valence-corrected chi connectivity index (χ1v) is 6.21. The SMILES string of the molecule is Cc1cc(O)ccc1-c1nc2ccccc2s1. The van der Waals surface area contributed by atoms with E-state index in [1.165, 1.54) is 4.70 Å². The lowest BCUT2D eigenvalue weighted by Crippen LogP contribution is -1.81. The Hall–Kier alpha value is -1.87. The molecule has 17 heavy (non-hydrogen) atoms. The Bertz CT molecular complexity index is 655. The highest BCUT2D eigenvalue weighted by atomic mass is 32.1. The first-order valence-electron chi connectivity index (χ1n) is 5.39. The largest absolute Gasteiger partial charge is 0.508 e. The molecule has 0 saturated carbocycles. The van der Waals surface area contributed by atoms with Gasteiger partial charge in [0, 0.05) is 5.56 Å². The molecule has 3 heteroatoms. The van der Waals surface area contributed by atoms with Crippen LogP contribution in [0.5, 0.6) is 5.75 Å². The highest BCUT2D eigenvalue weighted by molar-refractivity contribution is 7.21. The van der Waals surface area contributed by atoms with E-state index in [4.69, 9.17) is 0 Å². The quantitative estimate of drug-likeness (QED) is 0.699. The number of phenols is 1. The zero-order valence-corrected chi connectivity index (χ0v) is 10.2. The van der Waals surface area contributed by atoms with Gasteiger partial charge in [-0.05, 0) is 42.8 Å². The second-order valence-electron chi connectivity index (χ2n) is 3.99. The van der Waals surface area contributed by atoms with Crippen molar-refractivity contribution in [2.45, 2.75) is 6.92 Å². The molecular weight excluding hydrogens is 230 g/mol. The van der Waals surface area contributed by atoms with E-state index >= 15 is 0 Å². The molecule has 0 unspecified atom stereocenters. The molecular formula is C14H11NOS. The molecule has 0 amide bonds. The van der Waals surface area contributed by atoms with E-state index in [0.29, 0.717) is 5.75 Å². The number of aromatic nitrogens is 1. The first kappa shape index (κ1) is 10.3. The van der Waals surface area contributed by atoms with Gasteiger partial charge in [-0.1, -0.05) is 12.1 Å². The number of rotatable bonds is 1. The number of aromatic hydroxyl groups is 1. The maximum atomic E-state index is 9.41. The fourth-order valence-corrected chi connectivity index (χ4v) is 2.93. The second kappa shape index (κ2) is 3.86. The second-order valence-corrected chi connectivity index (χ2v) is 5.02. The van der Waals surface area contributed by atoms with Crippen molar-refractivity contribution in [1.29, 1.82) is 0 Å². The summed E-state index contributed by atoms with van der Waals surface area (Å²) in [5, 5.41) is 10.4. The highest BCUT2D eigenvalue weighted by Gasteiger charge is 2.08. The molecule has 2 nitrogen and oxygen atoms in total. The number of phenolic OH excluding ortho intramolecular Hbond substituents is 1. The number of nitrogens with zero attached hydrogens (tertiary/aromatic N) is 1. The van der Waals surface area contributed by atoms with Crippen LogP contribution in [0.2, 0.25) is 0 Å². The summed E-state index contributed by atoms with van der Waals surface area (Å²) in [6.45, 7) is 1.99. The fraction of sp³-hybridized carbons (Fsp3) is 0.0714. The number of thiazole rings is 1. The van der Waals surface area contributed by atoms with E-state index in [9.17, 15) is 5.11 Å². The molecule has 0 aliphatic rings. The van der Waals surface area contributed by atoms with Crippen LogP contribution in [0.15, 0.2) is 42.5 Å². The van der Waals surface area contributed by atoms with Crippen molar-refractivity contribution in [2.24, 2.45) is 0 Å². The van der Waals surface area contributed by atoms with Crippen LogP contribution in [0, 0.1) is 6.92 Å². The molecule has 0 radical (unpaired) electrons. The minimum absolute atomic E-state index is 0.298. The minimum Gasteiger partial charge on any atom is -0.508 e. The van der Waals surface area contributed by atoms with Crippen LogP contribution in [0.3, 0.4) is 0 Å². The Kier molecular flexibility index (Phi) is 2.34. The Balaban J connectivity index is 2.20. The van der Waals surface area contributed by atoms with Gasteiger partial charge in [-0.3, -0.25) is 0 Å². The number of aryl methyl sites for hydroxylation is 1. The van der Waals surface area contributed by atoms with Gasteiger partial charge < -0.3 is 5.11 Å². The average molecular weight is 241 g/mol. The Morgan fingerprint density at radius 3 is 2.71 bits per heavy atom. The number of benzene rings is 2. The summed E-state index contributed by atoms with van der Waals surface area (Å²) >= 11 is 1.68. The molecule has 84 valence electrons. The molecule has 1 heterocycles. The topological polar surface area (TPSA) is 33.1 Å². The molecule has 1 N–H and O–H groups in total. The number of para-hydroxylation sites is 1. The van der Waals surface area contributed by atoms with Crippen molar-refractivity contribution in [3.63, 3.8) is 0 Å². The van der Waals surface area contributed by atoms with Gasteiger partial charge in [0.05, 0.1) is 10.2 Å². The van der Waals surface area contributed by atoms with Gasteiger partial charge in [0.2, 0.25) is 0 Å². The average Bonchev–Trinajstić information content (AvgIpc) is 2.72. The summed E-state index contributed by atoms with van der Waals surface area (Å²) in [5.74, 6) is 0.298. The van der Waals surface area contributed by atoms with Gasteiger partial charge in [0.15, 0.2) is 0 Å². The third kappa shape index (κ3) is 1.78. The first-order chi connectivity index (χ1) is 8.24. The van der Waals surface area contributed by atoms with Crippen molar-refractivity contribution in [2.75, 3.05) is 0 Å². The van der Waals surface area contributed by atoms with Crippen LogP contribution < -0.4 is 0 Å². The summed E-state index contributed by atoms with van der Waals surface area (Å²) in [6.07, 6.45) is 0. The Morgan fingerprint density at radius 1 is 1.12 bits per heavy atom. The van der Waals surface area contributed by atoms with Crippen LogP contribution in [0.25, 0.3) is 20.8 Å². The van der Waals surface area contributed by atoms with Crippen molar-refractivity contribution >= 4 is 21.6 Å². The van der Waals surface area contributed by atoms with Crippen molar-refractivity contribution in [1.82, 2.24) is 4.98 Å². The van der Waals surface area contributed by atoms with Crippen molar-refractivity contribution in [3.05, 3.63) is 48.0 Å². The molecule has 1 aromatic heterocycles. The van der Waals surface area contributed by atoms with Gasteiger partial charge in [-0.15, -0.1) is 11.3 Å². The van der Waals surface area contributed by atoms with Gasteiger partial charge in [0.1, 0.15) is 10.8 Å². The summed E-state index contributed by atoms with van der Waals surface area (Å²) in [7, 11) is 0. The monoisotopic (exact) mass is 241 g/mol. The lowest BCUT2D eigenvalue weighted by molar-refractivity contribution is 0.475. The molecule has 3 rings (SSSR count). The molecule has 3 aromatic rings. The molecule has 0 fully saturated rings. The number of hydrogen-bond acceptors (Lipinski definition) is 3. The smallest absolute Gasteiger partial charge is 0.124 e. The molecule has 0 aliphatic heterocycles. The van der Waals surface area contributed by atoms with E-state index in [1.807, 2.05) is 31.2 Å². The van der Waals surface area contributed by atoms with Gasteiger partial charge >= 0.3 is 0 Å². The highest BCUT2D eigenvalue weighted by Crippen LogP contribution is 2.32. The zero-order chi connectivity index (χ0) is 11.8. The zero-order valence-electron chi connectivity index (χ0n) is 9.34. The van der Waals surface area contributed by atoms with Crippen LogP contribution in [-0.2, 0) is 0 Å². The van der Waals surface area contributed by atoms with Gasteiger partial charge in [-0.25, -0.2) is 4.98 Å². The number of fused-ring (bicyclic) bond motifs is 1. The van der Waals surface area contributed by atoms with E-state index in [1.54, 1.807) is 23.5 Å². The summed E-state index contributed by atoms with van der Waals surface area (Å²) < 4.78 is 1.19. The normalized spacial score (nSPS) is 10.9. The maximum absolute atomic E-state index is 9.41. The maximum Gasteiger partial charge on any atom is 0.124 e. The summed E-state index contributed by atoms with van der Waals surface area (Å²) in [4.78, 5) is 4.61. The van der Waals surface area contributed by atoms with E-state index in [0.717, 1.165) is 21.7 Å².